The first-order valence-electron chi connectivity index (χ1n) is 5.29. The van der Waals surface area contributed by atoms with E-state index < -0.39 is 0 Å². The number of alkyl halides is 1. The lowest BCUT2D eigenvalue weighted by molar-refractivity contribution is 0.0778. The summed E-state index contributed by atoms with van der Waals surface area (Å²) in [5.74, 6) is 0.279. The van der Waals surface area contributed by atoms with Crippen molar-refractivity contribution >= 4 is 33.4 Å². The number of halogens is 1. The lowest BCUT2D eigenvalue weighted by atomic mass is 10.1. The fourth-order valence-corrected chi connectivity index (χ4v) is 2.59. The van der Waals surface area contributed by atoms with E-state index in [0.717, 1.165) is 11.0 Å². The summed E-state index contributed by atoms with van der Waals surface area (Å²) in [7, 11) is 0. The maximum Gasteiger partial charge on any atom is 0.267 e. The third-order valence-corrected chi connectivity index (χ3v) is 3.36. The number of aromatic nitrogens is 2. The topological polar surface area (TPSA) is 46.1 Å². The van der Waals surface area contributed by atoms with E-state index in [1.54, 1.807) is 4.90 Å². The molecule has 16 heavy (non-hydrogen) atoms. The molecule has 1 rings (SSSR count). The molecule has 0 unspecified atom stereocenters. The van der Waals surface area contributed by atoms with Gasteiger partial charge in [0.25, 0.3) is 5.91 Å². The van der Waals surface area contributed by atoms with Crippen LogP contribution < -0.4 is 0 Å². The first-order valence-corrected chi connectivity index (χ1v) is 7.18. The van der Waals surface area contributed by atoms with Crippen LogP contribution in [-0.2, 0) is 0 Å². The predicted molar refractivity (Wildman–Crippen MR) is 69.4 cm³/mol. The Kier molecular flexibility index (Phi) is 5.34. The van der Waals surface area contributed by atoms with Crippen LogP contribution in [0.5, 0.6) is 0 Å². The Morgan fingerprint density at radius 3 is 2.75 bits per heavy atom. The Labute approximate surface area is 108 Å². The van der Waals surface area contributed by atoms with Crippen molar-refractivity contribution in [1.82, 2.24) is 14.5 Å². The normalized spacial score (nSPS) is 10.8. The van der Waals surface area contributed by atoms with Crippen LogP contribution in [0.2, 0.25) is 0 Å². The first-order chi connectivity index (χ1) is 7.61. The highest BCUT2D eigenvalue weighted by atomic mass is 79.9. The summed E-state index contributed by atoms with van der Waals surface area (Å²) in [6, 6.07) is 0. The lowest BCUT2D eigenvalue weighted by Crippen LogP contribution is -2.32. The van der Waals surface area contributed by atoms with Gasteiger partial charge in [0.1, 0.15) is 4.88 Å². The Balaban J connectivity index is 2.90. The number of hydrogen-bond donors (Lipinski definition) is 0. The van der Waals surface area contributed by atoms with Crippen LogP contribution in [0.4, 0.5) is 0 Å². The van der Waals surface area contributed by atoms with Crippen molar-refractivity contribution in [3.05, 3.63) is 10.6 Å². The largest absolute Gasteiger partial charge is 0.337 e. The summed E-state index contributed by atoms with van der Waals surface area (Å²) in [5.41, 5.74) is 0.808. The molecule has 1 heterocycles. The van der Waals surface area contributed by atoms with Crippen molar-refractivity contribution in [3.63, 3.8) is 0 Å². The summed E-state index contributed by atoms with van der Waals surface area (Å²) in [6.07, 6.45) is 0. The highest BCUT2D eigenvalue weighted by Crippen LogP contribution is 2.21. The molecule has 0 aliphatic carbocycles. The second-order valence-corrected chi connectivity index (χ2v) is 5.26. The maximum atomic E-state index is 12.2. The van der Waals surface area contributed by atoms with Gasteiger partial charge in [-0.3, -0.25) is 4.79 Å². The van der Waals surface area contributed by atoms with Gasteiger partial charge in [-0.1, -0.05) is 34.3 Å². The van der Waals surface area contributed by atoms with Crippen LogP contribution in [0.3, 0.4) is 0 Å². The van der Waals surface area contributed by atoms with Gasteiger partial charge in [0.05, 0.1) is 5.69 Å². The zero-order valence-electron chi connectivity index (χ0n) is 9.73. The van der Waals surface area contributed by atoms with Crippen molar-refractivity contribution in [2.24, 2.45) is 0 Å². The van der Waals surface area contributed by atoms with Crippen molar-refractivity contribution in [2.45, 2.75) is 26.7 Å². The first kappa shape index (κ1) is 13.6. The zero-order chi connectivity index (χ0) is 12.1. The smallest absolute Gasteiger partial charge is 0.267 e. The minimum atomic E-state index is 0.0423. The molecule has 0 saturated carbocycles. The monoisotopic (exact) mass is 305 g/mol. The minimum absolute atomic E-state index is 0.0423. The average molecular weight is 306 g/mol. The van der Waals surface area contributed by atoms with Gasteiger partial charge < -0.3 is 4.90 Å². The molecule has 90 valence electrons. The van der Waals surface area contributed by atoms with E-state index in [1.807, 2.05) is 20.8 Å². The molecule has 6 heteroatoms. The van der Waals surface area contributed by atoms with Crippen LogP contribution in [0.25, 0.3) is 0 Å². The molecule has 0 aromatic carbocycles. The Morgan fingerprint density at radius 1 is 1.56 bits per heavy atom. The van der Waals surface area contributed by atoms with Crippen molar-refractivity contribution in [2.75, 3.05) is 18.4 Å². The third-order valence-electron chi connectivity index (χ3n) is 2.28. The molecule has 0 bridgehead atoms. The molecule has 0 saturated heterocycles. The van der Waals surface area contributed by atoms with E-state index in [0.29, 0.717) is 18.0 Å². The van der Waals surface area contributed by atoms with E-state index in [1.165, 1.54) is 11.5 Å². The number of carbonyl (C=O) groups is 1. The van der Waals surface area contributed by atoms with E-state index in [9.17, 15) is 4.79 Å². The van der Waals surface area contributed by atoms with E-state index in [-0.39, 0.29) is 11.8 Å². The van der Waals surface area contributed by atoms with Gasteiger partial charge in [0, 0.05) is 18.4 Å². The standard InChI is InChI=1S/C10H16BrN3OS/c1-4-14(6-5-11)10(15)9-8(7(2)3)12-13-16-9/h7H,4-6H2,1-3H3. The quantitative estimate of drug-likeness (QED) is 0.785. The number of rotatable bonds is 5. The van der Waals surface area contributed by atoms with Gasteiger partial charge in [-0.25, -0.2) is 0 Å². The van der Waals surface area contributed by atoms with Gasteiger partial charge in [-0.15, -0.1) is 5.10 Å². The average Bonchev–Trinajstić information content (AvgIpc) is 2.73. The molecule has 1 aromatic heterocycles. The summed E-state index contributed by atoms with van der Waals surface area (Å²) in [5, 5.41) is 4.81. The fourth-order valence-electron chi connectivity index (χ4n) is 1.37. The van der Waals surface area contributed by atoms with Gasteiger partial charge in [0.15, 0.2) is 0 Å². The molecule has 0 fully saturated rings. The van der Waals surface area contributed by atoms with Crippen LogP contribution in [0.1, 0.15) is 42.1 Å². The molecule has 0 aliphatic rings. The summed E-state index contributed by atoms with van der Waals surface area (Å²) in [4.78, 5) is 14.7. The zero-order valence-corrected chi connectivity index (χ0v) is 12.1. The Hall–Kier alpha value is -0.490. The van der Waals surface area contributed by atoms with Crippen molar-refractivity contribution in [1.29, 1.82) is 0 Å². The van der Waals surface area contributed by atoms with E-state index >= 15 is 0 Å². The van der Waals surface area contributed by atoms with E-state index in [2.05, 4.69) is 25.5 Å². The molecule has 0 atom stereocenters. The second-order valence-electron chi connectivity index (χ2n) is 3.72. The molecular formula is C10H16BrN3OS. The molecule has 0 spiro atoms. The highest BCUT2D eigenvalue weighted by molar-refractivity contribution is 9.09. The Bertz CT molecular complexity index is 354. The van der Waals surface area contributed by atoms with Gasteiger partial charge >= 0.3 is 0 Å². The van der Waals surface area contributed by atoms with E-state index in [4.69, 9.17) is 0 Å². The van der Waals surface area contributed by atoms with Gasteiger partial charge in [-0.05, 0) is 24.4 Å². The molecule has 1 aromatic rings. The van der Waals surface area contributed by atoms with Crippen LogP contribution >= 0.6 is 27.5 Å². The molecule has 0 N–H and O–H groups in total. The highest BCUT2D eigenvalue weighted by Gasteiger charge is 2.22. The maximum absolute atomic E-state index is 12.2. The SMILES string of the molecule is CCN(CCBr)C(=O)c1snnc1C(C)C. The molecule has 0 radical (unpaired) electrons. The third kappa shape index (κ3) is 3.01. The van der Waals surface area contributed by atoms with Crippen LogP contribution in [0.15, 0.2) is 0 Å². The fraction of sp³-hybridized carbons (Fsp3) is 0.700. The van der Waals surface area contributed by atoms with Gasteiger partial charge in [0.2, 0.25) is 0 Å². The summed E-state index contributed by atoms with van der Waals surface area (Å²) < 4.78 is 3.87. The molecule has 4 nitrogen and oxygen atoms in total. The van der Waals surface area contributed by atoms with Gasteiger partial charge in [-0.2, -0.15) is 0 Å². The minimum Gasteiger partial charge on any atom is -0.337 e. The van der Waals surface area contributed by atoms with Crippen molar-refractivity contribution < 1.29 is 4.79 Å². The second kappa shape index (κ2) is 6.30. The van der Waals surface area contributed by atoms with Crippen molar-refractivity contribution in [3.8, 4) is 0 Å². The number of amides is 1. The summed E-state index contributed by atoms with van der Waals surface area (Å²) >= 11 is 4.54. The number of carbonyl (C=O) groups excluding carboxylic acids is 1. The molecule has 1 amide bonds. The van der Waals surface area contributed by atoms with Crippen LogP contribution in [-0.4, -0.2) is 38.8 Å². The molecular weight excluding hydrogens is 290 g/mol. The predicted octanol–water partition coefficient (Wildman–Crippen LogP) is 2.52. The molecule has 0 aliphatic heterocycles. The lowest BCUT2D eigenvalue weighted by Gasteiger charge is -2.19. The number of hydrogen-bond acceptors (Lipinski definition) is 4. The van der Waals surface area contributed by atoms with Crippen LogP contribution in [0, 0.1) is 0 Å². The number of nitrogens with zero attached hydrogens (tertiary/aromatic N) is 3. The Morgan fingerprint density at radius 2 is 2.25 bits per heavy atom. The summed E-state index contributed by atoms with van der Waals surface area (Å²) in [6.45, 7) is 7.44.